The van der Waals surface area contributed by atoms with Gasteiger partial charge in [0.05, 0.1) is 5.69 Å². The summed E-state index contributed by atoms with van der Waals surface area (Å²) in [6, 6.07) is 26.3. The van der Waals surface area contributed by atoms with Gasteiger partial charge in [-0.15, -0.1) is 0 Å². The molecule has 0 bridgehead atoms. The summed E-state index contributed by atoms with van der Waals surface area (Å²) >= 11 is 0. The second kappa shape index (κ2) is 8.93. The molecule has 0 aliphatic rings. The number of fused-ring (bicyclic) bond motifs is 1. The molecule has 0 aliphatic heterocycles. The average molecular weight is 399 g/mol. The Morgan fingerprint density at radius 1 is 1.00 bits per heavy atom. The van der Waals surface area contributed by atoms with Crippen LogP contribution in [0.5, 0.6) is 0 Å². The molecule has 0 radical (unpaired) electrons. The molecule has 152 valence electrons. The number of aromatic nitrogens is 2. The summed E-state index contributed by atoms with van der Waals surface area (Å²) in [4.78, 5) is 19.7. The van der Waals surface area contributed by atoms with Crippen molar-refractivity contribution in [1.82, 2.24) is 19.6 Å². The first kappa shape index (κ1) is 19.9. The number of amides is 1. The monoisotopic (exact) mass is 398 g/mol. The lowest BCUT2D eigenvalue weighted by Gasteiger charge is -2.18. The Morgan fingerprint density at radius 2 is 1.67 bits per heavy atom. The van der Waals surface area contributed by atoms with Gasteiger partial charge in [-0.05, 0) is 30.2 Å². The van der Waals surface area contributed by atoms with E-state index in [0.717, 1.165) is 16.9 Å². The van der Waals surface area contributed by atoms with Gasteiger partial charge in [-0.2, -0.15) is 0 Å². The number of rotatable bonds is 7. The van der Waals surface area contributed by atoms with Gasteiger partial charge in [-0.1, -0.05) is 66.7 Å². The summed E-state index contributed by atoms with van der Waals surface area (Å²) in [5.74, 6) is -0.0771. The zero-order valence-electron chi connectivity index (χ0n) is 17.3. The van der Waals surface area contributed by atoms with E-state index in [1.165, 1.54) is 5.56 Å². The first-order valence-corrected chi connectivity index (χ1v) is 10.2. The fourth-order valence-corrected chi connectivity index (χ4v) is 3.61. The van der Waals surface area contributed by atoms with E-state index in [9.17, 15) is 4.79 Å². The van der Waals surface area contributed by atoms with Crippen LogP contribution in [-0.2, 0) is 13.1 Å². The van der Waals surface area contributed by atoms with Gasteiger partial charge in [0.15, 0.2) is 5.69 Å². The third kappa shape index (κ3) is 4.26. The average Bonchev–Trinajstić information content (AvgIpc) is 3.16. The number of benzene rings is 2. The van der Waals surface area contributed by atoms with E-state index in [2.05, 4.69) is 29.4 Å². The molecule has 5 nitrogen and oxygen atoms in total. The summed E-state index contributed by atoms with van der Waals surface area (Å²) in [7, 11) is 1.82. The fourth-order valence-electron chi connectivity index (χ4n) is 3.61. The summed E-state index contributed by atoms with van der Waals surface area (Å²) in [5.41, 5.74) is 4.44. The van der Waals surface area contributed by atoms with Crippen LogP contribution in [0, 0.1) is 0 Å². The molecule has 1 amide bonds. The number of nitrogens with one attached hydrogen (secondary N) is 1. The Hall–Kier alpha value is -3.44. The van der Waals surface area contributed by atoms with E-state index in [1.54, 1.807) is 4.90 Å². The van der Waals surface area contributed by atoms with E-state index in [-0.39, 0.29) is 11.9 Å². The predicted molar refractivity (Wildman–Crippen MR) is 119 cm³/mol. The van der Waals surface area contributed by atoms with Crippen molar-refractivity contribution in [2.24, 2.45) is 0 Å². The number of imidazole rings is 1. The molecule has 30 heavy (non-hydrogen) atoms. The highest BCUT2D eigenvalue weighted by molar-refractivity contribution is 5.94. The molecule has 4 aromatic rings. The first-order valence-electron chi connectivity index (χ1n) is 10.2. The van der Waals surface area contributed by atoms with Crippen LogP contribution in [-0.4, -0.2) is 27.2 Å². The largest absolute Gasteiger partial charge is 0.336 e. The predicted octanol–water partition coefficient (Wildman–Crippen LogP) is 4.46. The molecule has 4 rings (SSSR count). The number of carbonyl (C=O) groups excluding carboxylic acids is 1. The molecule has 2 aromatic heterocycles. The van der Waals surface area contributed by atoms with Crippen molar-refractivity contribution in [1.29, 1.82) is 0 Å². The van der Waals surface area contributed by atoms with E-state index < -0.39 is 0 Å². The summed E-state index contributed by atoms with van der Waals surface area (Å²) < 4.78 is 1.99. The lowest BCUT2D eigenvalue weighted by atomic mass is 10.1. The van der Waals surface area contributed by atoms with E-state index in [1.807, 2.05) is 84.4 Å². The van der Waals surface area contributed by atoms with Crippen molar-refractivity contribution in [3.63, 3.8) is 0 Å². The van der Waals surface area contributed by atoms with Gasteiger partial charge in [-0.25, -0.2) is 4.98 Å². The van der Waals surface area contributed by atoms with Crippen LogP contribution < -0.4 is 5.32 Å². The van der Waals surface area contributed by atoms with Crippen molar-refractivity contribution in [3.8, 4) is 0 Å². The Balaban J connectivity index is 1.59. The van der Waals surface area contributed by atoms with Crippen LogP contribution in [0.15, 0.2) is 85.1 Å². The standard InChI is InChI=1S/C25H26N4O/c1-19(21-13-7-4-8-14-21)26-17-22-24(27-23-15-9-10-16-29(22)23)25(30)28(2)18-20-11-5-3-6-12-20/h3-16,19,26H,17-18H2,1-2H3. The van der Waals surface area contributed by atoms with Gasteiger partial charge in [0.25, 0.3) is 5.91 Å². The molecule has 1 N–H and O–H groups in total. The van der Waals surface area contributed by atoms with Crippen LogP contribution in [0.4, 0.5) is 0 Å². The molecule has 1 unspecified atom stereocenters. The maximum atomic E-state index is 13.3. The molecular formula is C25H26N4O. The third-order valence-electron chi connectivity index (χ3n) is 5.32. The molecule has 0 fully saturated rings. The first-order chi connectivity index (χ1) is 14.6. The smallest absolute Gasteiger partial charge is 0.274 e. The van der Waals surface area contributed by atoms with Gasteiger partial charge in [0.2, 0.25) is 0 Å². The van der Waals surface area contributed by atoms with Gasteiger partial charge >= 0.3 is 0 Å². The second-order valence-electron chi connectivity index (χ2n) is 7.50. The van der Waals surface area contributed by atoms with Crippen LogP contribution in [0.25, 0.3) is 5.65 Å². The maximum Gasteiger partial charge on any atom is 0.274 e. The highest BCUT2D eigenvalue weighted by atomic mass is 16.2. The van der Waals surface area contributed by atoms with Crippen molar-refractivity contribution < 1.29 is 4.79 Å². The fraction of sp³-hybridized carbons (Fsp3) is 0.200. The summed E-state index contributed by atoms with van der Waals surface area (Å²) in [6.45, 7) is 3.21. The minimum atomic E-state index is -0.0771. The van der Waals surface area contributed by atoms with Gasteiger partial charge in [-0.3, -0.25) is 4.79 Å². The molecule has 0 spiro atoms. The highest BCUT2D eigenvalue weighted by Crippen LogP contribution is 2.18. The van der Waals surface area contributed by atoms with Crippen LogP contribution in [0.2, 0.25) is 0 Å². The zero-order chi connectivity index (χ0) is 20.9. The topological polar surface area (TPSA) is 49.6 Å². The Morgan fingerprint density at radius 3 is 2.40 bits per heavy atom. The van der Waals surface area contributed by atoms with Crippen molar-refractivity contribution in [2.45, 2.75) is 26.1 Å². The van der Waals surface area contributed by atoms with Crippen molar-refractivity contribution in [2.75, 3.05) is 7.05 Å². The van der Waals surface area contributed by atoms with Crippen LogP contribution >= 0.6 is 0 Å². The molecule has 1 atom stereocenters. The van der Waals surface area contributed by atoms with E-state index >= 15 is 0 Å². The second-order valence-corrected chi connectivity index (χ2v) is 7.50. The van der Waals surface area contributed by atoms with Gasteiger partial charge in [0, 0.05) is 32.4 Å². The lowest BCUT2D eigenvalue weighted by Crippen LogP contribution is -2.28. The van der Waals surface area contributed by atoms with Gasteiger partial charge < -0.3 is 14.6 Å². The molecule has 5 heteroatoms. The van der Waals surface area contributed by atoms with Crippen molar-refractivity contribution >= 4 is 11.6 Å². The lowest BCUT2D eigenvalue weighted by molar-refractivity contribution is 0.0778. The number of nitrogens with zero attached hydrogens (tertiary/aromatic N) is 3. The number of hydrogen-bond acceptors (Lipinski definition) is 3. The molecular weight excluding hydrogens is 372 g/mol. The third-order valence-corrected chi connectivity index (χ3v) is 5.32. The van der Waals surface area contributed by atoms with Crippen molar-refractivity contribution in [3.05, 3.63) is 108 Å². The Labute approximate surface area is 177 Å². The number of carbonyl (C=O) groups is 1. The SMILES string of the molecule is CC(NCc1c(C(=O)N(C)Cc2ccccc2)nc2ccccn12)c1ccccc1. The van der Waals surface area contributed by atoms with E-state index in [4.69, 9.17) is 0 Å². The highest BCUT2D eigenvalue weighted by Gasteiger charge is 2.22. The molecule has 0 aliphatic carbocycles. The molecule has 0 saturated heterocycles. The quantitative estimate of drug-likeness (QED) is 0.500. The number of hydrogen-bond donors (Lipinski definition) is 1. The Kier molecular flexibility index (Phi) is 5.91. The number of pyridine rings is 1. The normalized spacial score (nSPS) is 12.1. The Bertz CT molecular complexity index is 1120. The van der Waals surface area contributed by atoms with Gasteiger partial charge in [0.1, 0.15) is 5.65 Å². The molecule has 2 heterocycles. The van der Waals surface area contributed by atoms with Crippen LogP contribution in [0.3, 0.4) is 0 Å². The van der Waals surface area contributed by atoms with E-state index in [0.29, 0.717) is 18.8 Å². The molecule has 2 aromatic carbocycles. The minimum Gasteiger partial charge on any atom is -0.336 e. The minimum absolute atomic E-state index is 0.0771. The molecule has 0 saturated carbocycles. The zero-order valence-corrected chi connectivity index (χ0v) is 17.3. The van der Waals surface area contributed by atoms with Crippen LogP contribution in [0.1, 0.15) is 40.3 Å². The summed E-state index contributed by atoms with van der Waals surface area (Å²) in [5, 5.41) is 3.55. The maximum absolute atomic E-state index is 13.3. The summed E-state index contributed by atoms with van der Waals surface area (Å²) in [6.07, 6.45) is 1.96.